The summed E-state index contributed by atoms with van der Waals surface area (Å²) in [5.74, 6) is -4.23. The van der Waals surface area contributed by atoms with E-state index >= 15 is 0 Å². The third-order valence-corrected chi connectivity index (χ3v) is 6.50. The lowest BCUT2D eigenvalue weighted by Crippen LogP contribution is -2.57. The first-order valence-electron chi connectivity index (χ1n) is 10.5. The zero-order chi connectivity index (χ0) is 23.2. The second kappa shape index (κ2) is 7.94. The van der Waals surface area contributed by atoms with E-state index in [-0.39, 0.29) is 17.9 Å². The predicted octanol–water partition coefficient (Wildman–Crippen LogP) is 2.12. The van der Waals surface area contributed by atoms with Crippen molar-refractivity contribution >= 4 is 17.8 Å². The Hall–Kier alpha value is -3.39. The van der Waals surface area contributed by atoms with Gasteiger partial charge in [0.1, 0.15) is 5.54 Å². The standard InChI is InChI=1S/C24H26N2O6/c1-13(2)26-21(28)17-18(22(26)29)24(23(30)31,12-14-8-5-4-6-9-14)25-19(17)15-10-7-11-16(32-3)20(15)27/h4-11,13,17-19,25,27H,12H2,1-3H3,(H,30,31)/t17-,18+,19+,24+/m1/s1. The number of fused-ring (bicyclic) bond motifs is 1. The normalized spacial score (nSPS) is 27.1. The molecule has 2 aromatic rings. The Kier molecular flexibility index (Phi) is 5.42. The topological polar surface area (TPSA) is 116 Å². The molecular formula is C24H26N2O6. The summed E-state index contributed by atoms with van der Waals surface area (Å²) in [5, 5.41) is 24.3. The molecule has 0 aliphatic carbocycles. The highest BCUT2D eigenvalue weighted by molar-refractivity contribution is 6.09. The van der Waals surface area contributed by atoms with Crippen LogP contribution in [0.25, 0.3) is 0 Å². The molecule has 3 N–H and O–H groups in total. The fourth-order valence-corrected chi connectivity index (χ4v) is 5.11. The highest BCUT2D eigenvalue weighted by Crippen LogP contribution is 2.52. The van der Waals surface area contributed by atoms with Gasteiger partial charge in [-0.1, -0.05) is 42.5 Å². The molecule has 2 aliphatic heterocycles. The molecular weight excluding hydrogens is 412 g/mol. The summed E-state index contributed by atoms with van der Waals surface area (Å²) in [6.45, 7) is 3.45. The van der Waals surface area contributed by atoms with Crippen LogP contribution >= 0.6 is 0 Å². The molecule has 8 nitrogen and oxygen atoms in total. The first kappa shape index (κ1) is 21.8. The van der Waals surface area contributed by atoms with Crippen LogP contribution in [0.2, 0.25) is 0 Å². The van der Waals surface area contributed by atoms with Gasteiger partial charge in [0, 0.05) is 24.1 Å². The average molecular weight is 438 g/mol. The number of hydrogen-bond acceptors (Lipinski definition) is 6. The van der Waals surface area contributed by atoms with Gasteiger partial charge in [-0.3, -0.25) is 24.6 Å². The number of imide groups is 1. The van der Waals surface area contributed by atoms with Gasteiger partial charge in [0.15, 0.2) is 11.5 Å². The Bertz CT molecular complexity index is 1070. The third-order valence-electron chi connectivity index (χ3n) is 6.50. The SMILES string of the molecule is COc1cccc([C@@H]2N[C@](Cc3ccccc3)(C(=O)O)[C@@H]3C(=O)N(C(C)C)C(=O)[C@H]32)c1O. The number of methoxy groups -OCH3 is 1. The first-order chi connectivity index (χ1) is 15.2. The van der Waals surface area contributed by atoms with Gasteiger partial charge in [0.2, 0.25) is 11.8 Å². The van der Waals surface area contributed by atoms with Gasteiger partial charge in [-0.2, -0.15) is 0 Å². The third kappa shape index (κ3) is 3.14. The number of para-hydroxylation sites is 1. The van der Waals surface area contributed by atoms with E-state index in [2.05, 4.69) is 5.32 Å². The second-order valence-electron chi connectivity index (χ2n) is 8.60. The molecule has 2 aliphatic rings. The number of carboxylic acids is 1. The fourth-order valence-electron chi connectivity index (χ4n) is 5.11. The number of carbonyl (C=O) groups excluding carboxylic acids is 2. The minimum atomic E-state index is -1.72. The van der Waals surface area contributed by atoms with Crippen molar-refractivity contribution in [2.24, 2.45) is 11.8 Å². The molecule has 0 bridgehead atoms. The lowest BCUT2D eigenvalue weighted by molar-refractivity contribution is -0.152. The van der Waals surface area contributed by atoms with E-state index in [4.69, 9.17) is 4.74 Å². The summed E-state index contributed by atoms with van der Waals surface area (Å²) in [6, 6.07) is 12.5. The van der Waals surface area contributed by atoms with E-state index in [1.165, 1.54) is 7.11 Å². The van der Waals surface area contributed by atoms with Crippen molar-refractivity contribution in [1.82, 2.24) is 10.2 Å². The summed E-state index contributed by atoms with van der Waals surface area (Å²) in [7, 11) is 1.41. The van der Waals surface area contributed by atoms with Crippen molar-refractivity contribution in [2.75, 3.05) is 7.11 Å². The molecule has 2 fully saturated rings. The van der Waals surface area contributed by atoms with Crippen molar-refractivity contribution in [3.63, 3.8) is 0 Å². The molecule has 0 unspecified atom stereocenters. The molecule has 32 heavy (non-hydrogen) atoms. The van der Waals surface area contributed by atoms with Gasteiger partial charge < -0.3 is 14.9 Å². The van der Waals surface area contributed by atoms with Crippen LogP contribution in [0.4, 0.5) is 0 Å². The van der Waals surface area contributed by atoms with Crippen molar-refractivity contribution in [1.29, 1.82) is 0 Å². The molecule has 8 heteroatoms. The number of carboxylic acid groups (broad SMARTS) is 1. The zero-order valence-corrected chi connectivity index (χ0v) is 18.1. The van der Waals surface area contributed by atoms with Crippen molar-refractivity contribution < 1.29 is 29.3 Å². The Morgan fingerprint density at radius 3 is 2.41 bits per heavy atom. The maximum absolute atomic E-state index is 13.4. The van der Waals surface area contributed by atoms with Crippen LogP contribution in [0, 0.1) is 11.8 Å². The smallest absolute Gasteiger partial charge is 0.325 e. The molecule has 2 heterocycles. The van der Waals surface area contributed by atoms with Crippen LogP contribution in [-0.2, 0) is 20.8 Å². The van der Waals surface area contributed by atoms with Crippen LogP contribution in [0.15, 0.2) is 48.5 Å². The van der Waals surface area contributed by atoms with E-state index in [0.717, 1.165) is 10.5 Å². The number of phenols is 1. The number of hydrogen-bond donors (Lipinski definition) is 3. The van der Waals surface area contributed by atoms with Gasteiger partial charge >= 0.3 is 5.97 Å². The highest BCUT2D eigenvalue weighted by atomic mass is 16.5. The maximum atomic E-state index is 13.4. The van der Waals surface area contributed by atoms with Gasteiger partial charge in [-0.05, 0) is 25.5 Å². The Balaban J connectivity index is 1.90. The number of ether oxygens (including phenoxy) is 1. The number of nitrogens with zero attached hydrogens (tertiary/aromatic N) is 1. The second-order valence-corrected chi connectivity index (χ2v) is 8.60. The Labute approximate surface area is 185 Å². The predicted molar refractivity (Wildman–Crippen MR) is 115 cm³/mol. The van der Waals surface area contributed by atoms with E-state index in [1.54, 1.807) is 56.3 Å². The van der Waals surface area contributed by atoms with Gasteiger partial charge in [0.25, 0.3) is 0 Å². The summed E-state index contributed by atoms with van der Waals surface area (Å²) in [4.78, 5) is 40.8. The number of likely N-dealkylation sites (tertiary alicyclic amines) is 1. The van der Waals surface area contributed by atoms with E-state index < -0.39 is 47.2 Å². The quantitative estimate of drug-likeness (QED) is 0.592. The molecule has 2 saturated heterocycles. The molecule has 4 atom stereocenters. The fraction of sp³-hybridized carbons (Fsp3) is 0.375. The minimum absolute atomic E-state index is 0.0104. The molecule has 0 saturated carbocycles. The molecule has 0 aromatic heterocycles. The number of carbonyl (C=O) groups is 3. The summed E-state index contributed by atoms with van der Waals surface area (Å²) in [6.07, 6.45) is 0.0104. The molecule has 168 valence electrons. The molecule has 0 radical (unpaired) electrons. The Morgan fingerprint density at radius 2 is 1.81 bits per heavy atom. The first-order valence-corrected chi connectivity index (χ1v) is 10.5. The van der Waals surface area contributed by atoms with E-state index in [0.29, 0.717) is 5.56 Å². The summed E-state index contributed by atoms with van der Waals surface area (Å²) >= 11 is 0. The molecule has 0 spiro atoms. The Morgan fingerprint density at radius 1 is 1.12 bits per heavy atom. The number of aliphatic carboxylic acids is 1. The van der Waals surface area contributed by atoms with Gasteiger partial charge in [-0.15, -0.1) is 0 Å². The van der Waals surface area contributed by atoms with Crippen molar-refractivity contribution in [3.8, 4) is 11.5 Å². The minimum Gasteiger partial charge on any atom is -0.504 e. The highest BCUT2D eigenvalue weighted by Gasteiger charge is 2.68. The van der Waals surface area contributed by atoms with E-state index in [9.17, 15) is 24.6 Å². The lowest BCUT2D eigenvalue weighted by Gasteiger charge is -2.32. The van der Waals surface area contributed by atoms with Crippen LogP contribution < -0.4 is 10.1 Å². The lowest BCUT2D eigenvalue weighted by atomic mass is 9.76. The number of amides is 2. The monoisotopic (exact) mass is 438 g/mol. The largest absolute Gasteiger partial charge is 0.504 e. The maximum Gasteiger partial charge on any atom is 0.325 e. The van der Waals surface area contributed by atoms with Crippen LogP contribution in [0.3, 0.4) is 0 Å². The molecule has 2 amide bonds. The van der Waals surface area contributed by atoms with Gasteiger partial charge in [-0.25, -0.2) is 0 Å². The number of benzene rings is 2. The van der Waals surface area contributed by atoms with Crippen molar-refractivity contribution in [3.05, 3.63) is 59.7 Å². The zero-order valence-electron chi connectivity index (χ0n) is 18.1. The number of rotatable bonds is 6. The van der Waals surface area contributed by atoms with Gasteiger partial charge in [0.05, 0.1) is 18.9 Å². The van der Waals surface area contributed by atoms with Crippen LogP contribution in [-0.4, -0.2) is 51.6 Å². The van der Waals surface area contributed by atoms with Crippen molar-refractivity contribution in [2.45, 2.75) is 37.9 Å². The number of aromatic hydroxyl groups is 1. The molecule has 2 aromatic carbocycles. The number of phenolic OH excluding ortho intramolecular Hbond substituents is 1. The number of nitrogens with one attached hydrogen (secondary N) is 1. The van der Waals surface area contributed by atoms with Crippen LogP contribution in [0.5, 0.6) is 11.5 Å². The summed E-state index contributed by atoms with van der Waals surface area (Å²) < 4.78 is 5.20. The van der Waals surface area contributed by atoms with E-state index in [1.807, 2.05) is 6.07 Å². The van der Waals surface area contributed by atoms with Crippen LogP contribution in [0.1, 0.15) is 31.0 Å². The summed E-state index contributed by atoms with van der Waals surface area (Å²) in [5.41, 5.74) is -0.676. The molecule has 4 rings (SSSR count). The average Bonchev–Trinajstić information content (AvgIpc) is 3.23.